The predicted octanol–water partition coefficient (Wildman–Crippen LogP) is 3.38. The van der Waals surface area contributed by atoms with Crippen molar-refractivity contribution in [2.45, 2.75) is 59.4 Å². The standard InChI is InChI=1S/C21H29N3O3/c1-13-9-20(4,5)12-21(10-13)18(26)24(19(27)23-21)11-17(25)22-16-8-6-7-14(2)15(16)3/h6-8,13H,9-12H2,1-5H3,(H,22,25)(H,23,27)/t13-,21+/m0/s1. The highest BCUT2D eigenvalue weighted by Crippen LogP contribution is 2.46. The minimum Gasteiger partial charge on any atom is -0.324 e. The lowest BCUT2D eigenvalue weighted by molar-refractivity contribution is -0.136. The van der Waals surface area contributed by atoms with E-state index in [0.717, 1.165) is 22.4 Å². The highest BCUT2D eigenvalue weighted by molar-refractivity contribution is 6.10. The van der Waals surface area contributed by atoms with Gasteiger partial charge in [0.05, 0.1) is 0 Å². The van der Waals surface area contributed by atoms with E-state index in [1.54, 1.807) is 0 Å². The second kappa shape index (κ2) is 6.66. The third-order valence-electron chi connectivity index (χ3n) is 5.80. The number of hydrogen-bond acceptors (Lipinski definition) is 3. The maximum atomic E-state index is 13.1. The highest BCUT2D eigenvalue weighted by Gasteiger charge is 2.56. The molecule has 0 bridgehead atoms. The van der Waals surface area contributed by atoms with E-state index < -0.39 is 11.6 Å². The number of nitrogens with zero attached hydrogens (tertiary/aromatic N) is 1. The number of urea groups is 1. The van der Waals surface area contributed by atoms with Crippen molar-refractivity contribution in [2.75, 3.05) is 11.9 Å². The molecule has 146 valence electrons. The molecular formula is C21H29N3O3. The van der Waals surface area contributed by atoms with Crippen LogP contribution in [0.3, 0.4) is 0 Å². The molecule has 1 saturated carbocycles. The van der Waals surface area contributed by atoms with Gasteiger partial charge in [-0.1, -0.05) is 32.9 Å². The van der Waals surface area contributed by atoms with Crippen LogP contribution in [-0.4, -0.2) is 34.8 Å². The van der Waals surface area contributed by atoms with Gasteiger partial charge in [0.15, 0.2) is 0 Å². The number of aryl methyl sites for hydroxylation is 1. The molecule has 1 aromatic rings. The van der Waals surface area contributed by atoms with Gasteiger partial charge in [-0.25, -0.2) is 4.79 Å². The third kappa shape index (κ3) is 3.70. The van der Waals surface area contributed by atoms with Crippen LogP contribution in [0.15, 0.2) is 18.2 Å². The van der Waals surface area contributed by atoms with E-state index in [4.69, 9.17) is 0 Å². The van der Waals surface area contributed by atoms with E-state index in [1.807, 2.05) is 32.0 Å². The van der Waals surface area contributed by atoms with Crippen LogP contribution in [0.1, 0.15) is 51.2 Å². The van der Waals surface area contributed by atoms with Crippen LogP contribution in [0.5, 0.6) is 0 Å². The quantitative estimate of drug-likeness (QED) is 0.800. The van der Waals surface area contributed by atoms with E-state index in [0.29, 0.717) is 24.4 Å². The minimum atomic E-state index is -0.877. The van der Waals surface area contributed by atoms with Gasteiger partial charge in [-0.05, 0) is 61.6 Å². The number of imide groups is 1. The maximum absolute atomic E-state index is 13.1. The van der Waals surface area contributed by atoms with Gasteiger partial charge in [0.1, 0.15) is 12.1 Å². The summed E-state index contributed by atoms with van der Waals surface area (Å²) in [4.78, 5) is 39.2. The molecule has 6 nitrogen and oxygen atoms in total. The molecule has 3 rings (SSSR count). The first-order chi connectivity index (χ1) is 12.5. The number of carbonyl (C=O) groups excluding carboxylic acids is 3. The monoisotopic (exact) mass is 371 g/mol. The fraction of sp³-hybridized carbons (Fsp3) is 0.571. The first kappa shape index (κ1) is 19.4. The third-order valence-corrected chi connectivity index (χ3v) is 5.80. The summed E-state index contributed by atoms with van der Waals surface area (Å²) in [6, 6.07) is 5.18. The molecule has 1 aliphatic carbocycles. The van der Waals surface area contributed by atoms with Crippen molar-refractivity contribution >= 4 is 23.5 Å². The average molecular weight is 371 g/mol. The number of hydrogen-bond donors (Lipinski definition) is 2. The fourth-order valence-electron chi connectivity index (χ4n) is 4.87. The largest absolute Gasteiger partial charge is 0.325 e. The minimum absolute atomic E-state index is 0.0302. The van der Waals surface area contributed by atoms with Gasteiger partial charge in [-0.2, -0.15) is 0 Å². The van der Waals surface area contributed by atoms with Crippen LogP contribution in [0.25, 0.3) is 0 Å². The molecular weight excluding hydrogens is 342 g/mol. The van der Waals surface area contributed by atoms with Crippen LogP contribution in [-0.2, 0) is 9.59 Å². The van der Waals surface area contributed by atoms with Crippen LogP contribution >= 0.6 is 0 Å². The van der Waals surface area contributed by atoms with Crippen molar-refractivity contribution in [1.29, 1.82) is 0 Å². The molecule has 1 heterocycles. The summed E-state index contributed by atoms with van der Waals surface area (Å²) in [7, 11) is 0. The first-order valence-electron chi connectivity index (χ1n) is 9.53. The second-order valence-electron chi connectivity index (χ2n) is 9.05. The summed E-state index contributed by atoms with van der Waals surface area (Å²) in [5.41, 5.74) is 1.84. The first-order valence-corrected chi connectivity index (χ1v) is 9.53. The van der Waals surface area contributed by atoms with Gasteiger partial charge in [0.2, 0.25) is 5.91 Å². The maximum Gasteiger partial charge on any atom is 0.325 e. The molecule has 0 aromatic heterocycles. The van der Waals surface area contributed by atoms with Gasteiger partial charge in [0, 0.05) is 5.69 Å². The number of anilines is 1. The fourth-order valence-corrected chi connectivity index (χ4v) is 4.87. The van der Waals surface area contributed by atoms with Crippen LogP contribution < -0.4 is 10.6 Å². The molecule has 27 heavy (non-hydrogen) atoms. The highest BCUT2D eigenvalue weighted by atomic mass is 16.2. The Morgan fingerprint density at radius 2 is 1.96 bits per heavy atom. The Bertz CT molecular complexity index is 802. The molecule has 4 amide bonds. The normalized spacial score (nSPS) is 27.0. The van der Waals surface area contributed by atoms with Crippen LogP contribution in [0, 0.1) is 25.2 Å². The summed E-state index contributed by atoms with van der Waals surface area (Å²) >= 11 is 0. The smallest absolute Gasteiger partial charge is 0.324 e. The van der Waals surface area contributed by atoms with Crippen molar-refractivity contribution < 1.29 is 14.4 Å². The van der Waals surface area contributed by atoms with Gasteiger partial charge < -0.3 is 10.6 Å². The van der Waals surface area contributed by atoms with Crippen molar-refractivity contribution in [3.8, 4) is 0 Å². The number of amides is 4. The SMILES string of the molecule is Cc1cccc(NC(=O)CN2C(=O)N[C@@]3(C[C@@H](C)CC(C)(C)C3)C2=O)c1C. The van der Waals surface area contributed by atoms with E-state index in [2.05, 4.69) is 31.4 Å². The lowest BCUT2D eigenvalue weighted by Gasteiger charge is -2.43. The average Bonchev–Trinajstić information content (AvgIpc) is 2.73. The predicted molar refractivity (Wildman–Crippen MR) is 104 cm³/mol. The van der Waals surface area contributed by atoms with Crippen molar-refractivity contribution in [2.24, 2.45) is 11.3 Å². The van der Waals surface area contributed by atoms with Gasteiger partial charge in [-0.3, -0.25) is 14.5 Å². The lowest BCUT2D eigenvalue weighted by Crippen LogP contribution is -2.54. The van der Waals surface area contributed by atoms with Gasteiger partial charge in [0.25, 0.3) is 5.91 Å². The molecule has 1 saturated heterocycles. The van der Waals surface area contributed by atoms with E-state index in [-0.39, 0.29) is 23.8 Å². The molecule has 2 fully saturated rings. The van der Waals surface area contributed by atoms with Crippen molar-refractivity contribution in [3.63, 3.8) is 0 Å². The van der Waals surface area contributed by atoms with Gasteiger partial charge in [-0.15, -0.1) is 0 Å². The molecule has 2 aliphatic rings. The Kier molecular flexibility index (Phi) is 4.78. The Labute approximate surface area is 160 Å². The van der Waals surface area contributed by atoms with Crippen molar-refractivity contribution in [3.05, 3.63) is 29.3 Å². The Hall–Kier alpha value is -2.37. The van der Waals surface area contributed by atoms with Crippen molar-refractivity contribution in [1.82, 2.24) is 10.2 Å². The molecule has 1 aliphatic heterocycles. The molecule has 1 spiro atoms. The summed E-state index contributed by atoms with van der Waals surface area (Å²) in [5, 5.41) is 5.72. The molecule has 2 N–H and O–H groups in total. The summed E-state index contributed by atoms with van der Waals surface area (Å²) in [6.07, 6.45) is 2.24. The zero-order chi connectivity index (χ0) is 20.0. The van der Waals surface area contributed by atoms with E-state index in [1.165, 1.54) is 0 Å². The number of nitrogens with one attached hydrogen (secondary N) is 2. The molecule has 6 heteroatoms. The topological polar surface area (TPSA) is 78.5 Å². The Morgan fingerprint density at radius 3 is 2.63 bits per heavy atom. The molecule has 0 unspecified atom stereocenters. The lowest BCUT2D eigenvalue weighted by atomic mass is 9.64. The molecule has 1 aromatic carbocycles. The Morgan fingerprint density at radius 1 is 1.26 bits per heavy atom. The summed E-state index contributed by atoms with van der Waals surface area (Å²) < 4.78 is 0. The second-order valence-corrected chi connectivity index (χ2v) is 9.05. The van der Waals surface area contributed by atoms with Gasteiger partial charge >= 0.3 is 6.03 Å². The van der Waals surface area contributed by atoms with E-state index >= 15 is 0 Å². The molecule has 2 atom stereocenters. The number of carbonyl (C=O) groups is 3. The number of benzene rings is 1. The van der Waals surface area contributed by atoms with E-state index in [9.17, 15) is 14.4 Å². The molecule has 0 radical (unpaired) electrons. The Balaban J connectivity index is 1.74. The summed E-state index contributed by atoms with van der Waals surface area (Å²) in [6.45, 7) is 9.99. The zero-order valence-electron chi connectivity index (χ0n) is 16.8. The summed E-state index contributed by atoms with van der Waals surface area (Å²) in [5.74, 6) is -0.308. The zero-order valence-corrected chi connectivity index (χ0v) is 16.8. The van der Waals surface area contributed by atoms with Crippen LogP contribution in [0.4, 0.5) is 10.5 Å². The number of rotatable bonds is 3. The van der Waals surface area contributed by atoms with Crippen LogP contribution in [0.2, 0.25) is 0 Å².